The predicted molar refractivity (Wildman–Crippen MR) is 66.5 cm³/mol. The molecule has 0 atom stereocenters. The number of fused-ring (bicyclic) bond motifs is 1. The molecule has 0 unspecified atom stereocenters. The number of hydrogen-bond donors (Lipinski definition) is 1. The van der Waals surface area contributed by atoms with Crippen LogP contribution in [0, 0.1) is 0 Å². The molecule has 0 aliphatic carbocycles. The van der Waals surface area contributed by atoms with Crippen LogP contribution in [-0.4, -0.2) is 29.3 Å². The Hall–Kier alpha value is -1.43. The van der Waals surface area contributed by atoms with Gasteiger partial charge in [-0.25, -0.2) is 10.1 Å². The first-order valence-electron chi connectivity index (χ1n) is 5.07. The van der Waals surface area contributed by atoms with Crippen LogP contribution in [0.25, 0.3) is 10.2 Å². The van der Waals surface area contributed by atoms with Crippen molar-refractivity contribution in [1.29, 1.82) is 0 Å². The van der Waals surface area contributed by atoms with Gasteiger partial charge in [0, 0.05) is 20.0 Å². The van der Waals surface area contributed by atoms with E-state index in [-0.39, 0.29) is 5.56 Å². The highest BCUT2D eigenvalue weighted by Crippen LogP contribution is 2.28. The summed E-state index contributed by atoms with van der Waals surface area (Å²) in [7, 11) is 3.77. The van der Waals surface area contributed by atoms with Gasteiger partial charge in [0.2, 0.25) is 0 Å². The molecule has 0 aliphatic heterocycles. The summed E-state index contributed by atoms with van der Waals surface area (Å²) in [5.74, 6) is 1.03. The molecule has 1 N–H and O–H groups in total. The van der Waals surface area contributed by atoms with E-state index in [1.54, 1.807) is 0 Å². The first-order chi connectivity index (χ1) is 7.50. The molecule has 2 rings (SSSR count). The van der Waals surface area contributed by atoms with Gasteiger partial charge >= 0.3 is 0 Å². The number of H-pyrrole nitrogens is 1. The molecule has 86 valence electrons. The van der Waals surface area contributed by atoms with Gasteiger partial charge in [-0.05, 0) is 0 Å². The monoisotopic (exact) mass is 238 g/mol. The van der Waals surface area contributed by atoms with Crippen molar-refractivity contribution in [3.05, 3.63) is 15.4 Å². The fraction of sp³-hybridized carbons (Fsp3) is 0.500. The lowest BCUT2D eigenvalue weighted by Crippen LogP contribution is -2.16. The molecular weight excluding hydrogens is 224 g/mol. The van der Waals surface area contributed by atoms with Crippen LogP contribution in [0.3, 0.4) is 0 Å². The van der Waals surface area contributed by atoms with Gasteiger partial charge < -0.3 is 4.90 Å². The summed E-state index contributed by atoms with van der Waals surface area (Å²) in [6, 6.07) is 0. The predicted octanol–water partition coefficient (Wildman–Crippen LogP) is 1.57. The lowest BCUT2D eigenvalue weighted by molar-refractivity contribution is 0.855. The molecule has 2 heterocycles. The Morgan fingerprint density at radius 2 is 2.06 bits per heavy atom. The number of thiazole rings is 1. The topological polar surface area (TPSA) is 61.9 Å². The van der Waals surface area contributed by atoms with Gasteiger partial charge in [-0.2, -0.15) is 5.10 Å². The zero-order valence-corrected chi connectivity index (χ0v) is 10.6. The summed E-state index contributed by atoms with van der Waals surface area (Å²) in [5.41, 5.74) is 0.535. The second-order valence-corrected chi connectivity index (χ2v) is 5.19. The van der Waals surface area contributed by atoms with Gasteiger partial charge in [0.15, 0.2) is 5.82 Å². The second-order valence-electron chi connectivity index (χ2n) is 4.16. The molecule has 5 nitrogen and oxygen atoms in total. The molecule has 0 spiro atoms. The lowest BCUT2D eigenvalue weighted by Gasteiger charge is -2.09. The van der Waals surface area contributed by atoms with Crippen LogP contribution in [0.15, 0.2) is 4.79 Å². The molecular formula is C10H14N4OS. The van der Waals surface area contributed by atoms with Crippen LogP contribution in [-0.2, 0) is 0 Å². The van der Waals surface area contributed by atoms with Crippen molar-refractivity contribution in [2.45, 2.75) is 19.8 Å². The normalized spacial score (nSPS) is 11.3. The average molecular weight is 238 g/mol. The van der Waals surface area contributed by atoms with Crippen LogP contribution in [0.4, 0.5) is 5.82 Å². The molecule has 0 saturated carbocycles. The van der Waals surface area contributed by atoms with Crippen LogP contribution in [0.5, 0.6) is 0 Å². The average Bonchev–Trinajstić information content (AvgIpc) is 2.62. The highest BCUT2D eigenvalue weighted by atomic mass is 32.1. The van der Waals surface area contributed by atoms with E-state index in [9.17, 15) is 4.79 Å². The fourth-order valence-corrected chi connectivity index (χ4v) is 2.36. The van der Waals surface area contributed by atoms with Crippen molar-refractivity contribution in [2.24, 2.45) is 0 Å². The molecule has 2 aromatic heterocycles. The van der Waals surface area contributed by atoms with Gasteiger partial charge in [0.1, 0.15) is 10.2 Å². The first-order valence-corrected chi connectivity index (χ1v) is 5.88. The number of nitrogens with zero attached hydrogens (tertiary/aromatic N) is 3. The molecule has 6 heteroatoms. The third kappa shape index (κ3) is 1.69. The quantitative estimate of drug-likeness (QED) is 0.862. The van der Waals surface area contributed by atoms with Crippen molar-refractivity contribution in [3.8, 4) is 0 Å². The van der Waals surface area contributed by atoms with E-state index in [1.807, 2.05) is 19.0 Å². The Morgan fingerprint density at radius 1 is 1.38 bits per heavy atom. The summed E-state index contributed by atoms with van der Waals surface area (Å²) in [6.07, 6.45) is 0. The van der Waals surface area contributed by atoms with E-state index in [0.29, 0.717) is 22.0 Å². The molecule has 0 bridgehead atoms. The first kappa shape index (κ1) is 11.1. The molecule has 16 heavy (non-hydrogen) atoms. The van der Waals surface area contributed by atoms with Crippen molar-refractivity contribution in [1.82, 2.24) is 15.2 Å². The third-order valence-corrected chi connectivity index (χ3v) is 3.60. The van der Waals surface area contributed by atoms with E-state index in [4.69, 9.17) is 0 Å². The van der Waals surface area contributed by atoms with Gasteiger partial charge in [0.05, 0.1) is 5.01 Å². The minimum Gasteiger partial charge on any atom is -0.359 e. The largest absolute Gasteiger partial charge is 0.359 e. The minimum atomic E-state index is -0.162. The standard InChI is InChI=1S/C10H14N4OS/c1-5(2)10-11-6-7(16-10)9(15)13-12-8(6)14(3)4/h5H,1-4H3,(H,13,15). The van der Waals surface area contributed by atoms with Crippen LogP contribution < -0.4 is 10.5 Å². The Kier molecular flexibility index (Phi) is 2.67. The van der Waals surface area contributed by atoms with Crippen LogP contribution in [0.1, 0.15) is 24.8 Å². The number of anilines is 1. The molecule has 0 aromatic carbocycles. The van der Waals surface area contributed by atoms with E-state index >= 15 is 0 Å². The minimum absolute atomic E-state index is 0.162. The summed E-state index contributed by atoms with van der Waals surface area (Å²) in [6.45, 7) is 4.13. The Labute approximate surface area is 97.1 Å². The number of nitrogens with one attached hydrogen (secondary N) is 1. The van der Waals surface area contributed by atoms with Gasteiger partial charge in [0.25, 0.3) is 5.56 Å². The molecule has 2 aromatic rings. The Morgan fingerprint density at radius 3 is 2.62 bits per heavy atom. The van der Waals surface area contributed by atoms with Crippen molar-refractivity contribution < 1.29 is 0 Å². The van der Waals surface area contributed by atoms with Crippen LogP contribution in [0.2, 0.25) is 0 Å². The molecule has 0 aliphatic rings. The smallest absolute Gasteiger partial charge is 0.283 e. The highest BCUT2D eigenvalue weighted by molar-refractivity contribution is 7.18. The SMILES string of the molecule is CC(C)c1nc2c(N(C)C)n[nH]c(=O)c2s1. The van der Waals surface area contributed by atoms with E-state index in [1.165, 1.54) is 11.3 Å². The maximum atomic E-state index is 11.6. The maximum Gasteiger partial charge on any atom is 0.283 e. The second kappa shape index (κ2) is 3.86. The number of aromatic nitrogens is 3. The fourth-order valence-electron chi connectivity index (χ4n) is 1.41. The zero-order valence-electron chi connectivity index (χ0n) is 9.74. The summed E-state index contributed by atoms with van der Waals surface area (Å²) >= 11 is 1.44. The third-order valence-electron chi connectivity index (χ3n) is 2.24. The van der Waals surface area contributed by atoms with E-state index < -0.39 is 0 Å². The summed E-state index contributed by atoms with van der Waals surface area (Å²) < 4.78 is 0.655. The number of rotatable bonds is 2. The van der Waals surface area contributed by atoms with Crippen LogP contribution >= 0.6 is 11.3 Å². The van der Waals surface area contributed by atoms with Gasteiger partial charge in [-0.3, -0.25) is 4.79 Å². The van der Waals surface area contributed by atoms with E-state index in [2.05, 4.69) is 29.0 Å². The molecule has 0 saturated heterocycles. The van der Waals surface area contributed by atoms with E-state index in [0.717, 1.165) is 5.01 Å². The van der Waals surface area contributed by atoms with Gasteiger partial charge in [-0.1, -0.05) is 13.8 Å². The molecule has 0 fully saturated rings. The van der Waals surface area contributed by atoms with Gasteiger partial charge in [-0.15, -0.1) is 11.3 Å². The number of hydrogen-bond acceptors (Lipinski definition) is 5. The van der Waals surface area contributed by atoms with Crippen molar-refractivity contribution >= 4 is 27.4 Å². The Bertz CT molecular complexity index is 570. The lowest BCUT2D eigenvalue weighted by atomic mass is 10.2. The summed E-state index contributed by atoms with van der Waals surface area (Å²) in [5, 5.41) is 7.48. The zero-order chi connectivity index (χ0) is 11.9. The maximum absolute atomic E-state index is 11.6. The Balaban J connectivity index is 2.78. The van der Waals surface area contributed by atoms with Crippen molar-refractivity contribution in [2.75, 3.05) is 19.0 Å². The number of aromatic amines is 1. The molecule has 0 amide bonds. The summed E-state index contributed by atoms with van der Waals surface area (Å²) in [4.78, 5) is 18.0. The highest BCUT2D eigenvalue weighted by Gasteiger charge is 2.15. The van der Waals surface area contributed by atoms with Crippen molar-refractivity contribution in [3.63, 3.8) is 0 Å². The molecule has 0 radical (unpaired) electrons.